The molecule has 0 radical (unpaired) electrons. The largest absolute Gasteiger partial charge is 0.478 e. The molecule has 1 aliphatic carbocycles. The van der Waals surface area contributed by atoms with E-state index in [0.29, 0.717) is 12.8 Å². The zero-order valence-electron chi connectivity index (χ0n) is 15.4. The van der Waals surface area contributed by atoms with Crippen molar-refractivity contribution in [1.82, 2.24) is 10.6 Å². The topological polar surface area (TPSA) is 70.6 Å². The third-order valence-corrected chi connectivity index (χ3v) is 5.33. The number of carbonyl (C=O) groups excluding carboxylic acids is 1. The molecule has 138 valence electrons. The van der Waals surface area contributed by atoms with Crippen molar-refractivity contribution in [3.8, 4) is 5.75 Å². The van der Waals surface area contributed by atoms with Crippen molar-refractivity contribution in [2.75, 3.05) is 19.6 Å². The SMILES string of the molecule is CC(C)(Oc1ccc2c(c1)CCC2)C(=O)NC[C@@]1(O)CCCNCC1. The first-order valence-corrected chi connectivity index (χ1v) is 9.40. The van der Waals surface area contributed by atoms with Gasteiger partial charge in [0.2, 0.25) is 0 Å². The first-order valence-electron chi connectivity index (χ1n) is 9.40. The van der Waals surface area contributed by atoms with Gasteiger partial charge in [0.1, 0.15) is 5.75 Å². The Morgan fingerprint density at radius 2 is 2.04 bits per heavy atom. The van der Waals surface area contributed by atoms with Gasteiger partial charge in [0.15, 0.2) is 5.60 Å². The number of aryl methyl sites for hydroxylation is 2. The van der Waals surface area contributed by atoms with Crippen molar-refractivity contribution in [2.45, 2.75) is 63.6 Å². The number of carbonyl (C=O) groups is 1. The molecule has 1 saturated heterocycles. The highest BCUT2D eigenvalue weighted by atomic mass is 16.5. The van der Waals surface area contributed by atoms with Crippen molar-refractivity contribution in [3.05, 3.63) is 29.3 Å². The normalized spacial score (nSPS) is 23.6. The van der Waals surface area contributed by atoms with Crippen LogP contribution < -0.4 is 15.4 Å². The molecule has 1 heterocycles. The smallest absolute Gasteiger partial charge is 0.263 e. The van der Waals surface area contributed by atoms with E-state index in [9.17, 15) is 9.90 Å². The molecule has 0 spiro atoms. The lowest BCUT2D eigenvalue weighted by atomic mass is 9.94. The van der Waals surface area contributed by atoms with Crippen molar-refractivity contribution in [2.24, 2.45) is 0 Å². The van der Waals surface area contributed by atoms with E-state index in [1.165, 1.54) is 17.5 Å². The maximum Gasteiger partial charge on any atom is 0.263 e. The lowest BCUT2D eigenvalue weighted by Gasteiger charge is -2.30. The van der Waals surface area contributed by atoms with Gasteiger partial charge in [-0.1, -0.05) is 6.07 Å². The molecule has 1 aromatic rings. The fourth-order valence-corrected chi connectivity index (χ4v) is 3.70. The highest BCUT2D eigenvalue weighted by Gasteiger charge is 2.34. The molecule has 0 unspecified atom stereocenters. The zero-order valence-corrected chi connectivity index (χ0v) is 15.4. The molecule has 1 amide bonds. The number of benzene rings is 1. The number of aliphatic hydroxyl groups is 1. The van der Waals surface area contributed by atoms with Crippen LogP contribution in [0.2, 0.25) is 0 Å². The number of fused-ring (bicyclic) bond motifs is 1. The molecule has 3 N–H and O–H groups in total. The minimum absolute atomic E-state index is 0.196. The van der Waals surface area contributed by atoms with Gasteiger partial charge in [0, 0.05) is 6.54 Å². The Bertz CT molecular complexity index is 619. The molecule has 0 saturated carbocycles. The van der Waals surface area contributed by atoms with Gasteiger partial charge >= 0.3 is 0 Å². The lowest BCUT2D eigenvalue weighted by Crippen LogP contribution is -2.51. The summed E-state index contributed by atoms with van der Waals surface area (Å²) in [6.45, 7) is 5.51. The second-order valence-electron chi connectivity index (χ2n) is 7.91. The Balaban J connectivity index is 1.58. The minimum atomic E-state index is -0.980. The predicted octanol–water partition coefficient (Wildman–Crippen LogP) is 1.95. The van der Waals surface area contributed by atoms with Gasteiger partial charge in [0.25, 0.3) is 5.91 Å². The minimum Gasteiger partial charge on any atom is -0.478 e. The fourth-order valence-electron chi connectivity index (χ4n) is 3.70. The molecule has 0 aromatic heterocycles. The van der Waals surface area contributed by atoms with E-state index in [0.717, 1.165) is 38.1 Å². The summed E-state index contributed by atoms with van der Waals surface area (Å²) >= 11 is 0. The van der Waals surface area contributed by atoms with E-state index < -0.39 is 11.2 Å². The second kappa shape index (κ2) is 7.34. The van der Waals surface area contributed by atoms with Gasteiger partial charge in [-0.15, -0.1) is 0 Å². The summed E-state index contributed by atoms with van der Waals surface area (Å²) in [4.78, 5) is 12.6. The summed E-state index contributed by atoms with van der Waals surface area (Å²) < 4.78 is 5.98. The average Bonchev–Trinajstić information content (AvgIpc) is 2.92. The van der Waals surface area contributed by atoms with E-state index in [1.807, 2.05) is 6.07 Å². The highest BCUT2D eigenvalue weighted by Crippen LogP contribution is 2.28. The van der Waals surface area contributed by atoms with Gasteiger partial charge in [-0.25, -0.2) is 0 Å². The molecule has 0 bridgehead atoms. The average molecular weight is 346 g/mol. The third-order valence-electron chi connectivity index (χ3n) is 5.33. The molecular weight excluding hydrogens is 316 g/mol. The Kier molecular flexibility index (Phi) is 5.35. The van der Waals surface area contributed by atoms with Crippen LogP contribution >= 0.6 is 0 Å². The molecule has 1 aromatic carbocycles. The molecule has 1 fully saturated rings. The molecule has 5 nitrogen and oxygen atoms in total. The van der Waals surface area contributed by atoms with Crippen molar-refractivity contribution < 1.29 is 14.6 Å². The number of ether oxygens (including phenoxy) is 1. The van der Waals surface area contributed by atoms with Crippen LogP contribution in [0.3, 0.4) is 0 Å². The zero-order chi connectivity index (χ0) is 17.9. The van der Waals surface area contributed by atoms with Gasteiger partial charge in [-0.2, -0.15) is 0 Å². The molecule has 2 aliphatic rings. The van der Waals surface area contributed by atoms with E-state index >= 15 is 0 Å². The molecule has 3 rings (SSSR count). The molecule has 1 atom stereocenters. The predicted molar refractivity (Wildman–Crippen MR) is 97.9 cm³/mol. The van der Waals surface area contributed by atoms with Crippen molar-refractivity contribution >= 4 is 5.91 Å². The van der Waals surface area contributed by atoms with Crippen LogP contribution in [0.5, 0.6) is 5.75 Å². The van der Waals surface area contributed by atoms with Crippen LogP contribution in [0.1, 0.15) is 50.7 Å². The van der Waals surface area contributed by atoms with Crippen LogP contribution in [0.15, 0.2) is 18.2 Å². The number of rotatable bonds is 5. The molecular formula is C20H30N2O3. The summed E-state index contributed by atoms with van der Waals surface area (Å²) in [7, 11) is 0. The molecule has 25 heavy (non-hydrogen) atoms. The van der Waals surface area contributed by atoms with E-state index in [2.05, 4.69) is 22.8 Å². The summed E-state index contributed by atoms with van der Waals surface area (Å²) in [5, 5.41) is 16.8. The number of hydrogen-bond donors (Lipinski definition) is 3. The standard InChI is InChI=1S/C20H30N2O3/c1-19(2,25-17-8-7-15-5-3-6-16(15)13-17)18(23)22-14-20(24)9-4-11-21-12-10-20/h7-8,13,21,24H,3-6,9-12,14H2,1-2H3,(H,22,23)/t20-/m1/s1. The Morgan fingerprint density at radius 1 is 1.24 bits per heavy atom. The van der Waals surface area contributed by atoms with Crippen LogP contribution in [0, 0.1) is 0 Å². The van der Waals surface area contributed by atoms with Crippen LogP contribution in [-0.4, -0.2) is 41.9 Å². The quantitative estimate of drug-likeness (QED) is 0.762. The Labute approximate surface area is 150 Å². The van der Waals surface area contributed by atoms with E-state index in [-0.39, 0.29) is 12.5 Å². The summed E-state index contributed by atoms with van der Waals surface area (Å²) in [5.41, 5.74) is 0.905. The number of hydrogen-bond acceptors (Lipinski definition) is 4. The van der Waals surface area contributed by atoms with Gasteiger partial charge in [-0.05, 0) is 88.7 Å². The highest BCUT2D eigenvalue weighted by molar-refractivity contribution is 5.84. The van der Waals surface area contributed by atoms with E-state index in [1.54, 1.807) is 13.8 Å². The Hall–Kier alpha value is -1.59. The van der Waals surface area contributed by atoms with Crippen molar-refractivity contribution in [3.63, 3.8) is 0 Å². The third kappa shape index (κ3) is 4.53. The maximum absolute atomic E-state index is 12.6. The van der Waals surface area contributed by atoms with Crippen LogP contribution in [0.25, 0.3) is 0 Å². The number of nitrogens with one attached hydrogen (secondary N) is 2. The summed E-state index contributed by atoms with van der Waals surface area (Å²) in [5.74, 6) is 0.539. The van der Waals surface area contributed by atoms with E-state index in [4.69, 9.17) is 4.74 Å². The van der Waals surface area contributed by atoms with Gasteiger partial charge < -0.3 is 20.5 Å². The summed E-state index contributed by atoms with van der Waals surface area (Å²) in [6, 6.07) is 6.11. The molecule has 5 heteroatoms. The first-order chi connectivity index (χ1) is 11.9. The Morgan fingerprint density at radius 3 is 2.88 bits per heavy atom. The second-order valence-corrected chi connectivity index (χ2v) is 7.91. The number of amides is 1. The van der Waals surface area contributed by atoms with Gasteiger partial charge in [0.05, 0.1) is 5.60 Å². The summed E-state index contributed by atoms with van der Waals surface area (Å²) in [6.07, 6.45) is 5.68. The van der Waals surface area contributed by atoms with Crippen molar-refractivity contribution in [1.29, 1.82) is 0 Å². The van der Waals surface area contributed by atoms with Crippen LogP contribution in [0.4, 0.5) is 0 Å². The monoisotopic (exact) mass is 346 g/mol. The fraction of sp³-hybridized carbons (Fsp3) is 0.650. The lowest BCUT2D eigenvalue weighted by molar-refractivity contribution is -0.135. The van der Waals surface area contributed by atoms with Crippen LogP contribution in [-0.2, 0) is 17.6 Å². The van der Waals surface area contributed by atoms with Gasteiger partial charge in [-0.3, -0.25) is 4.79 Å². The molecule has 1 aliphatic heterocycles. The maximum atomic E-state index is 12.6. The first kappa shape index (κ1) is 18.2.